The van der Waals surface area contributed by atoms with Gasteiger partial charge >= 0.3 is 0 Å². The molecule has 1 aromatic carbocycles. The fourth-order valence-electron chi connectivity index (χ4n) is 1.71. The lowest BCUT2D eigenvalue weighted by Gasteiger charge is -2.17. The van der Waals surface area contributed by atoms with Crippen LogP contribution >= 0.6 is 11.6 Å². The second-order valence-corrected chi connectivity index (χ2v) is 4.34. The molecule has 0 saturated carbocycles. The normalized spacial score (nSPS) is 12.4. The summed E-state index contributed by atoms with van der Waals surface area (Å²) in [6.45, 7) is 2.00. The summed E-state index contributed by atoms with van der Waals surface area (Å²) in [5.74, 6) is 0.287. The van der Waals surface area contributed by atoms with Crippen LogP contribution in [0.3, 0.4) is 0 Å². The van der Waals surface area contributed by atoms with Crippen molar-refractivity contribution in [1.82, 2.24) is 9.97 Å². The molecule has 0 aliphatic rings. The molecule has 96 valence electrons. The molecule has 0 amide bonds. The minimum atomic E-state index is -0.498. The van der Waals surface area contributed by atoms with Crippen LogP contribution < -0.4 is 11.1 Å². The number of nitrogens with two attached hydrogens (primary N) is 1. The van der Waals surface area contributed by atoms with E-state index in [1.54, 1.807) is 12.4 Å². The van der Waals surface area contributed by atoms with Crippen molar-refractivity contribution in [2.24, 2.45) is 0 Å². The Morgan fingerprint density at radius 3 is 2.94 bits per heavy atom. The summed E-state index contributed by atoms with van der Waals surface area (Å²) >= 11 is 5.65. The topological polar surface area (TPSA) is 66.7 Å². The molecule has 0 radical (unpaired) electrons. The van der Waals surface area contributed by atoms with E-state index in [-0.39, 0.29) is 11.1 Å². The van der Waals surface area contributed by atoms with Gasteiger partial charge in [-0.3, -0.25) is 0 Å². The Morgan fingerprint density at radius 2 is 2.33 bits per heavy atom. The highest BCUT2D eigenvalue weighted by molar-refractivity contribution is 6.31. The van der Waals surface area contributed by atoms with E-state index in [1.165, 1.54) is 12.1 Å². The largest absolute Gasteiger partial charge is 0.397 e. The van der Waals surface area contributed by atoms with E-state index in [0.29, 0.717) is 11.4 Å². The minimum Gasteiger partial charge on any atom is -0.397 e. The smallest absolute Gasteiger partial charge is 0.143 e. The quantitative estimate of drug-likeness (QED) is 0.745. The Balaban J connectivity index is 2.25. The monoisotopic (exact) mass is 268 g/mol. The number of imidazole rings is 1. The first-order valence-corrected chi connectivity index (χ1v) is 6.00. The molecule has 0 aliphatic heterocycles. The number of nitrogens with one attached hydrogen (secondary N) is 2. The molecule has 1 heterocycles. The highest BCUT2D eigenvalue weighted by Gasteiger charge is 2.14. The first-order chi connectivity index (χ1) is 8.61. The lowest BCUT2D eigenvalue weighted by molar-refractivity contribution is 0.627. The molecule has 4 nitrogen and oxygen atoms in total. The van der Waals surface area contributed by atoms with E-state index in [1.807, 2.05) is 6.92 Å². The molecule has 18 heavy (non-hydrogen) atoms. The van der Waals surface area contributed by atoms with E-state index in [4.69, 9.17) is 17.3 Å². The summed E-state index contributed by atoms with van der Waals surface area (Å²) in [7, 11) is 0. The van der Waals surface area contributed by atoms with E-state index in [0.717, 1.165) is 12.2 Å². The number of halogens is 2. The van der Waals surface area contributed by atoms with Crippen LogP contribution in [0.5, 0.6) is 0 Å². The summed E-state index contributed by atoms with van der Waals surface area (Å²) in [5, 5.41) is 3.17. The first-order valence-electron chi connectivity index (χ1n) is 5.62. The Morgan fingerprint density at radius 1 is 1.56 bits per heavy atom. The second-order valence-electron chi connectivity index (χ2n) is 3.93. The molecule has 0 bridgehead atoms. The zero-order valence-electron chi connectivity index (χ0n) is 9.87. The molecule has 1 atom stereocenters. The van der Waals surface area contributed by atoms with Crippen LogP contribution in [0.25, 0.3) is 0 Å². The number of rotatable bonds is 4. The highest BCUT2D eigenvalue weighted by Crippen LogP contribution is 2.29. The zero-order valence-corrected chi connectivity index (χ0v) is 10.6. The van der Waals surface area contributed by atoms with E-state index < -0.39 is 5.82 Å². The van der Waals surface area contributed by atoms with Crippen molar-refractivity contribution in [1.29, 1.82) is 0 Å². The summed E-state index contributed by atoms with van der Waals surface area (Å²) in [6, 6.07) is 2.64. The number of anilines is 2. The predicted molar refractivity (Wildman–Crippen MR) is 71.1 cm³/mol. The van der Waals surface area contributed by atoms with E-state index in [9.17, 15) is 4.39 Å². The first kappa shape index (κ1) is 12.7. The van der Waals surface area contributed by atoms with Gasteiger partial charge in [-0.15, -0.1) is 0 Å². The van der Waals surface area contributed by atoms with Crippen LogP contribution in [0.1, 0.15) is 25.2 Å². The summed E-state index contributed by atoms with van der Waals surface area (Å²) < 4.78 is 13.4. The van der Waals surface area contributed by atoms with Crippen molar-refractivity contribution < 1.29 is 4.39 Å². The standard InChI is InChI=1S/C12H14ClFN4/c1-2-10(12-16-3-4-17-12)18-11-6-8(14)7(13)5-9(11)15/h3-6,10,18H,2,15H2,1H3,(H,16,17). The SMILES string of the molecule is CCC(Nc1cc(F)c(Cl)cc1N)c1ncc[nH]1. The Labute approximate surface area is 109 Å². The number of aromatic nitrogens is 2. The van der Waals surface area contributed by atoms with Gasteiger partial charge in [0.25, 0.3) is 0 Å². The highest BCUT2D eigenvalue weighted by atomic mass is 35.5. The average Bonchev–Trinajstić information content (AvgIpc) is 2.85. The number of nitrogen functional groups attached to an aromatic ring is 1. The number of hydrogen-bond donors (Lipinski definition) is 3. The molecular weight excluding hydrogens is 255 g/mol. The molecular formula is C12H14ClFN4. The Kier molecular flexibility index (Phi) is 3.72. The van der Waals surface area contributed by atoms with Crippen LogP contribution in [0.4, 0.5) is 15.8 Å². The Hall–Kier alpha value is -1.75. The fourth-order valence-corrected chi connectivity index (χ4v) is 1.88. The maximum absolute atomic E-state index is 13.4. The van der Waals surface area contributed by atoms with Crippen molar-refractivity contribution in [2.45, 2.75) is 19.4 Å². The number of benzene rings is 1. The van der Waals surface area contributed by atoms with Gasteiger partial charge in [0.1, 0.15) is 11.6 Å². The summed E-state index contributed by atoms with van der Waals surface area (Å²) in [5.41, 5.74) is 6.73. The van der Waals surface area contributed by atoms with Gasteiger partial charge in [0.2, 0.25) is 0 Å². The molecule has 0 spiro atoms. The molecule has 1 unspecified atom stereocenters. The number of hydrogen-bond acceptors (Lipinski definition) is 3. The van der Waals surface area contributed by atoms with E-state index in [2.05, 4.69) is 15.3 Å². The zero-order chi connectivity index (χ0) is 13.1. The molecule has 6 heteroatoms. The third-order valence-electron chi connectivity index (χ3n) is 2.68. The summed E-state index contributed by atoms with van der Waals surface area (Å²) in [4.78, 5) is 7.19. The predicted octanol–water partition coefficient (Wildman–Crippen LogP) is 3.35. The third-order valence-corrected chi connectivity index (χ3v) is 2.97. The minimum absolute atomic E-state index is 0.0177. The Bertz CT molecular complexity index is 527. The molecule has 1 aromatic heterocycles. The van der Waals surface area contributed by atoms with Crippen molar-refractivity contribution >= 4 is 23.0 Å². The summed E-state index contributed by atoms with van der Waals surface area (Å²) in [6.07, 6.45) is 4.20. The van der Waals surface area contributed by atoms with Crippen LogP contribution in [-0.4, -0.2) is 9.97 Å². The van der Waals surface area contributed by atoms with Crippen molar-refractivity contribution in [3.05, 3.63) is 41.2 Å². The van der Waals surface area contributed by atoms with Crippen molar-refractivity contribution in [3.63, 3.8) is 0 Å². The number of H-pyrrole nitrogens is 1. The molecule has 4 N–H and O–H groups in total. The maximum atomic E-state index is 13.4. The fraction of sp³-hybridized carbons (Fsp3) is 0.250. The number of aromatic amines is 1. The van der Waals surface area contributed by atoms with E-state index >= 15 is 0 Å². The van der Waals surface area contributed by atoms with Gasteiger partial charge in [-0.2, -0.15) is 0 Å². The van der Waals surface area contributed by atoms with Crippen molar-refractivity contribution in [2.75, 3.05) is 11.1 Å². The second kappa shape index (κ2) is 5.27. The van der Waals surface area contributed by atoms with Crippen LogP contribution in [0.15, 0.2) is 24.5 Å². The molecule has 0 saturated heterocycles. The lowest BCUT2D eigenvalue weighted by atomic mass is 10.2. The molecule has 2 rings (SSSR count). The molecule has 2 aromatic rings. The van der Waals surface area contributed by atoms with Gasteiger partial charge in [0.05, 0.1) is 22.4 Å². The molecule has 0 aliphatic carbocycles. The van der Waals surface area contributed by atoms with Gasteiger partial charge in [0, 0.05) is 18.5 Å². The third kappa shape index (κ3) is 2.56. The lowest BCUT2D eigenvalue weighted by Crippen LogP contribution is -2.12. The van der Waals surface area contributed by atoms with Crippen LogP contribution in [0.2, 0.25) is 5.02 Å². The number of nitrogens with zero attached hydrogens (tertiary/aromatic N) is 1. The van der Waals surface area contributed by atoms with Gasteiger partial charge in [0.15, 0.2) is 0 Å². The van der Waals surface area contributed by atoms with Crippen molar-refractivity contribution in [3.8, 4) is 0 Å². The average molecular weight is 269 g/mol. The van der Waals surface area contributed by atoms with Gasteiger partial charge in [-0.05, 0) is 12.5 Å². The van der Waals surface area contributed by atoms with Gasteiger partial charge < -0.3 is 16.0 Å². The van der Waals surface area contributed by atoms with Crippen LogP contribution in [0, 0.1) is 5.82 Å². The van der Waals surface area contributed by atoms with Crippen LogP contribution in [-0.2, 0) is 0 Å². The van der Waals surface area contributed by atoms with Gasteiger partial charge in [-0.25, -0.2) is 9.37 Å². The van der Waals surface area contributed by atoms with Gasteiger partial charge in [-0.1, -0.05) is 18.5 Å². The maximum Gasteiger partial charge on any atom is 0.143 e. The molecule has 0 fully saturated rings.